The van der Waals surface area contributed by atoms with Crippen LogP contribution in [0.2, 0.25) is 0 Å². The van der Waals surface area contributed by atoms with Crippen LogP contribution in [0, 0.1) is 32.1 Å². The Morgan fingerprint density at radius 3 is 2.42 bits per heavy atom. The van der Waals surface area contributed by atoms with E-state index < -0.39 is 0 Å². The zero-order chi connectivity index (χ0) is 18.8. The van der Waals surface area contributed by atoms with E-state index in [2.05, 4.69) is 27.1 Å². The molecule has 2 aromatic heterocycles. The van der Waals surface area contributed by atoms with E-state index in [0.717, 1.165) is 17.1 Å². The number of amides is 1. The van der Waals surface area contributed by atoms with Crippen LogP contribution in [0.1, 0.15) is 33.0 Å². The molecule has 1 amide bonds. The van der Waals surface area contributed by atoms with Gasteiger partial charge in [0.25, 0.3) is 5.91 Å². The summed E-state index contributed by atoms with van der Waals surface area (Å²) in [5.74, 6) is 0.130. The zero-order valence-electron chi connectivity index (χ0n) is 15.0. The number of hydrogen-bond donors (Lipinski definition) is 2. The second-order valence-electron chi connectivity index (χ2n) is 6.01. The summed E-state index contributed by atoms with van der Waals surface area (Å²) in [5.41, 5.74) is 9.69. The molecule has 8 nitrogen and oxygen atoms in total. The van der Waals surface area contributed by atoms with Crippen molar-refractivity contribution in [3.63, 3.8) is 0 Å². The molecule has 0 atom stereocenters. The summed E-state index contributed by atoms with van der Waals surface area (Å²) in [6, 6.07) is 11.2. The molecule has 0 aliphatic carbocycles. The minimum Gasteiger partial charge on any atom is -0.281 e. The molecule has 26 heavy (non-hydrogen) atoms. The number of carbonyl (C=O) groups is 1. The van der Waals surface area contributed by atoms with E-state index in [-0.39, 0.29) is 5.91 Å². The Morgan fingerprint density at radius 1 is 1.15 bits per heavy atom. The minimum absolute atomic E-state index is 0.312. The molecule has 132 valence electrons. The summed E-state index contributed by atoms with van der Waals surface area (Å²) >= 11 is 0. The van der Waals surface area contributed by atoms with Crippen LogP contribution in [-0.4, -0.2) is 25.5 Å². The fourth-order valence-corrected chi connectivity index (χ4v) is 2.77. The van der Waals surface area contributed by atoms with E-state index in [0.29, 0.717) is 22.6 Å². The SMILES string of the molecule is Cc1cc(C)n(-c2ccc(C(=O)NNc3c(C#N)c(C)nn3C)cc2)n1. The first-order valence-electron chi connectivity index (χ1n) is 8.04. The largest absolute Gasteiger partial charge is 0.281 e. The molecule has 3 aromatic rings. The number of rotatable bonds is 4. The van der Waals surface area contributed by atoms with Gasteiger partial charge in [0.2, 0.25) is 0 Å². The van der Waals surface area contributed by atoms with Gasteiger partial charge >= 0.3 is 0 Å². The Balaban J connectivity index is 1.73. The first-order valence-corrected chi connectivity index (χ1v) is 8.04. The average molecular weight is 349 g/mol. The summed E-state index contributed by atoms with van der Waals surface area (Å²) < 4.78 is 3.34. The lowest BCUT2D eigenvalue weighted by Gasteiger charge is -2.10. The smallest absolute Gasteiger partial charge is 0.269 e. The van der Waals surface area contributed by atoms with Crippen LogP contribution in [-0.2, 0) is 7.05 Å². The Labute approximate surface area is 151 Å². The van der Waals surface area contributed by atoms with Gasteiger partial charge in [-0.3, -0.25) is 20.3 Å². The van der Waals surface area contributed by atoms with Gasteiger partial charge in [-0.2, -0.15) is 15.5 Å². The molecule has 8 heteroatoms. The van der Waals surface area contributed by atoms with Crippen molar-refractivity contribution in [3.8, 4) is 11.8 Å². The highest BCUT2D eigenvalue weighted by molar-refractivity contribution is 5.95. The van der Waals surface area contributed by atoms with Gasteiger partial charge in [-0.25, -0.2) is 4.68 Å². The Hall–Kier alpha value is -3.60. The van der Waals surface area contributed by atoms with Crippen LogP contribution >= 0.6 is 0 Å². The number of hydrazine groups is 1. The highest BCUT2D eigenvalue weighted by Crippen LogP contribution is 2.17. The number of anilines is 1. The molecule has 0 saturated heterocycles. The first kappa shape index (κ1) is 17.2. The van der Waals surface area contributed by atoms with Gasteiger partial charge in [-0.15, -0.1) is 0 Å². The van der Waals surface area contributed by atoms with Crippen molar-refractivity contribution < 1.29 is 4.79 Å². The Kier molecular flexibility index (Phi) is 4.45. The fourth-order valence-electron chi connectivity index (χ4n) is 2.77. The lowest BCUT2D eigenvalue weighted by molar-refractivity contribution is 0.0962. The number of aromatic nitrogens is 4. The minimum atomic E-state index is -0.312. The molecule has 0 radical (unpaired) electrons. The maximum Gasteiger partial charge on any atom is 0.269 e. The quantitative estimate of drug-likeness (QED) is 0.703. The van der Waals surface area contributed by atoms with E-state index in [4.69, 9.17) is 0 Å². The fraction of sp³-hybridized carbons (Fsp3) is 0.222. The van der Waals surface area contributed by atoms with Gasteiger partial charge in [0.15, 0.2) is 5.82 Å². The molecule has 1 aromatic carbocycles. The summed E-state index contributed by atoms with van der Waals surface area (Å²) in [6.45, 7) is 5.66. The van der Waals surface area contributed by atoms with E-state index in [1.165, 1.54) is 4.68 Å². The van der Waals surface area contributed by atoms with Gasteiger partial charge in [0, 0.05) is 18.3 Å². The van der Waals surface area contributed by atoms with Crippen LogP contribution in [0.15, 0.2) is 30.3 Å². The average Bonchev–Trinajstić information content (AvgIpc) is 3.09. The molecule has 0 fully saturated rings. The molecule has 2 N–H and O–H groups in total. The van der Waals surface area contributed by atoms with E-state index >= 15 is 0 Å². The maximum atomic E-state index is 12.3. The predicted octanol–water partition coefficient (Wildman–Crippen LogP) is 2.16. The highest BCUT2D eigenvalue weighted by atomic mass is 16.2. The van der Waals surface area contributed by atoms with Crippen LogP contribution < -0.4 is 10.9 Å². The summed E-state index contributed by atoms with van der Waals surface area (Å²) in [6.07, 6.45) is 0. The number of benzene rings is 1. The molecule has 0 unspecified atom stereocenters. The van der Waals surface area contributed by atoms with E-state index in [9.17, 15) is 10.1 Å². The first-order chi connectivity index (χ1) is 12.4. The molecule has 0 spiro atoms. The molecular formula is C18H19N7O. The molecular weight excluding hydrogens is 330 g/mol. The van der Waals surface area contributed by atoms with Crippen molar-refractivity contribution in [2.75, 3.05) is 5.43 Å². The molecule has 2 heterocycles. The maximum absolute atomic E-state index is 12.3. The van der Waals surface area contributed by atoms with Gasteiger partial charge in [-0.05, 0) is 51.1 Å². The van der Waals surface area contributed by atoms with E-state index in [1.54, 1.807) is 26.1 Å². The highest BCUT2D eigenvalue weighted by Gasteiger charge is 2.14. The van der Waals surface area contributed by atoms with Crippen molar-refractivity contribution in [2.45, 2.75) is 20.8 Å². The molecule has 0 aliphatic heterocycles. The zero-order valence-corrected chi connectivity index (χ0v) is 15.0. The second-order valence-corrected chi connectivity index (χ2v) is 6.01. The third kappa shape index (κ3) is 3.15. The molecule has 0 bridgehead atoms. The normalized spacial score (nSPS) is 10.4. The van der Waals surface area contributed by atoms with Gasteiger partial charge in [0.05, 0.1) is 17.1 Å². The lowest BCUT2D eigenvalue weighted by atomic mass is 10.2. The number of hydrogen-bond acceptors (Lipinski definition) is 5. The number of carbonyl (C=O) groups excluding carboxylic acids is 1. The monoisotopic (exact) mass is 349 g/mol. The summed E-state index contributed by atoms with van der Waals surface area (Å²) in [4.78, 5) is 12.3. The van der Waals surface area contributed by atoms with Crippen LogP contribution in [0.25, 0.3) is 5.69 Å². The molecule has 0 aliphatic rings. The third-order valence-corrected chi connectivity index (χ3v) is 4.01. The molecule has 3 rings (SSSR count). The predicted molar refractivity (Wildman–Crippen MR) is 96.8 cm³/mol. The van der Waals surface area contributed by atoms with Crippen molar-refractivity contribution in [2.24, 2.45) is 7.05 Å². The Bertz CT molecular complexity index is 1010. The van der Waals surface area contributed by atoms with Gasteiger partial charge in [0.1, 0.15) is 11.6 Å². The van der Waals surface area contributed by atoms with Crippen molar-refractivity contribution in [1.82, 2.24) is 25.0 Å². The number of nitriles is 1. The molecule has 0 saturated carbocycles. The number of nitrogens with zero attached hydrogens (tertiary/aromatic N) is 5. The number of aryl methyl sites for hydroxylation is 4. The van der Waals surface area contributed by atoms with Crippen LogP contribution in [0.3, 0.4) is 0 Å². The van der Waals surface area contributed by atoms with Crippen LogP contribution in [0.5, 0.6) is 0 Å². The lowest BCUT2D eigenvalue weighted by Crippen LogP contribution is -2.30. The second kappa shape index (κ2) is 6.72. The topological polar surface area (TPSA) is 101 Å². The standard InChI is InChI=1S/C18H19N7O/c1-11-9-12(2)25(22-11)15-7-5-14(6-8-15)18(26)21-20-17-16(10-19)13(3)23-24(17)4/h5-9,20H,1-4H3,(H,21,26). The van der Waals surface area contributed by atoms with Crippen molar-refractivity contribution >= 4 is 11.7 Å². The van der Waals surface area contributed by atoms with Gasteiger partial charge in [-0.1, -0.05) is 0 Å². The number of nitrogens with one attached hydrogen (secondary N) is 2. The summed E-state index contributed by atoms with van der Waals surface area (Å²) in [7, 11) is 1.70. The van der Waals surface area contributed by atoms with Crippen LogP contribution in [0.4, 0.5) is 5.82 Å². The van der Waals surface area contributed by atoms with Crippen molar-refractivity contribution in [3.05, 3.63) is 58.5 Å². The van der Waals surface area contributed by atoms with Crippen molar-refractivity contribution in [1.29, 1.82) is 5.26 Å². The summed E-state index contributed by atoms with van der Waals surface area (Å²) in [5, 5.41) is 17.8. The van der Waals surface area contributed by atoms with E-state index in [1.807, 2.05) is 36.7 Å². The Morgan fingerprint density at radius 2 is 1.85 bits per heavy atom. The van der Waals surface area contributed by atoms with Gasteiger partial charge < -0.3 is 0 Å². The third-order valence-electron chi connectivity index (χ3n) is 4.01.